The molecule has 2 aromatic rings. The summed E-state index contributed by atoms with van der Waals surface area (Å²) in [6, 6.07) is 9.23. The molecule has 0 aliphatic carbocycles. The molecule has 0 aliphatic rings. The molecule has 0 atom stereocenters. The molecule has 1 aromatic carbocycles. The molecule has 0 fully saturated rings. The number of carbonyl (C=O) groups is 1. The van der Waals surface area contributed by atoms with Crippen LogP contribution in [0.1, 0.15) is 22.0 Å². The van der Waals surface area contributed by atoms with E-state index in [2.05, 4.69) is 16.2 Å². The lowest BCUT2D eigenvalue weighted by Gasteiger charge is -2.03. The third-order valence-electron chi connectivity index (χ3n) is 2.42. The molecule has 6 heteroatoms. The smallest absolute Gasteiger partial charge is 0.375 e. The summed E-state index contributed by atoms with van der Waals surface area (Å²) in [7, 11) is 0. The maximum absolute atomic E-state index is 10.8. The second kappa shape index (κ2) is 4.67. The summed E-state index contributed by atoms with van der Waals surface area (Å²) in [6.07, 6.45) is 0.344. The molecule has 0 radical (unpaired) electrons. The van der Waals surface area contributed by atoms with Gasteiger partial charge in [0.2, 0.25) is 0 Å². The minimum absolute atomic E-state index is 0.228. The fraction of sp³-hybridized carbons (Fsp3) is 0.167. The van der Waals surface area contributed by atoms with Crippen molar-refractivity contribution in [2.75, 3.05) is 0 Å². The van der Waals surface area contributed by atoms with Crippen molar-refractivity contribution in [2.45, 2.75) is 13.3 Å². The average Bonchev–Trinajstić information content (AvgIpc) is 2.73. The Hall–Kier alpha value is -2.68. The summed E-state index contributed by atoms with van der Waals surface area (Å²) in [5.74, 6) is -0.882. The standard InChI is InChI=1S/C12H10N4O2/c1-8-14-11(12(17)18)15-16(8)10-4-2-9(3-5-10)6-7-13/h2-5H,6H2,1H3,(H,17,18). The Balaban J connectivity index is 2.37. The molecule has 0 amide bonds. The van der Waals surface area contributed by atoms with E-state index < -0.39 is 5.97 Å². The molecule has 2 rings (SSSR count). The van der Waals surface area contributed by atoms with Gasteiger partial charge in [-0.05, 0) is 24.6 Å². The monoisotopic (exact) mass is 242 g/mol. The van der Waals surface area contributed by atoms with Crippen LogP contribution in [0.15, 0.2) is 24.3 Å². The number of hydrogen-bond acceptors (Lipinski definition) is 4. The topological polar surface area (TPSA) is 91.8 Å². The van der Waals surface area contributed by atoms with Crippen LogP contribution in [-0.2, 0) is 6.42 Å². The van der Waals surface area contributed by atoms with E-state index in [1.165, 1.54) is 4.68 Å². The molecule has 0 aliphatic heterocycles. The lowest BCUT2D eigenvalue weighted by Crippen LogP contribution is -2.02. The molecular weight excluding hydrogens is 232 g/mol. The van der Waals surface area contributed by atoms with Crippen molar-refractivity contribution in [3.05, 3.63) is 41.5 Å². The number of aromatic nitrogens is 3. The number of benzene rings is 1. The highest BCUT2D eigenvalue weighted by Gasteiger charge is 2.13. The summed E-state index contributed by atoms with van der Waals surface area (Å²) in [4.78, 5) is 14.6. The van der Waals surface area contributed by atoms with E-state index in [9.17, 15) is 4.79 Å². The lowest BCUT2D eigenvalue weighted by molar-refractivity contribution is 0.0683. The highest BCUT2D eigenvalue weighted by molar-refractivity contribution is 5.83. The van der Waals surface area contributed by atoms with Crippen molar-refractivity contribution in [1.29, 1.82) is 5.26 Å². The first-order chi connectivity index (χ1) is 8.61. The number of rotatable bonds is 3. The Kier molecular flexibility index (Phi) is 3.06. The predicted octanol–water partition coefficient (Wildman–Crippen LogP) is 1.34. The molecule has 0 unspecified atom stereocenters. The van der Waals surface area contributed by atoms with Crippen molar-refractivity contribution < 1.29 is 9.90 Å². The van der Waals surface area contributed by atoms with Gasteiger partial charge in [0.15, 0.2) is 0 Å². The van der Waals surface area contributed by atoms with Crippen molar-refractivity contribution in [3.63, 3.8) is 0 Å². The summed E-state index contributed by atoms with van der Waals surface area (Å²) in [6.45, 7) is 1.68. The maximum atomic E-state index is 10.8. The minimum atomic E-state index is -1.15. The Morgan fingerprint density at radius 3 is 2.61 bits per heavy atom. The van der Waals surface area contributed by atoms with Crippen LogP contribution in [0.3, 0.4) is 0 Å². The van der Waals surface area contributed by atoms with E-state index in [0.717, 1.165) is 5.56 Å². The fourth-order valence-electron chi connectivity index (χ4n) is 1.57. The maximum Gasteiger partial charge on any atom is 0.375 e. The van der Waals surface area contributed by atoms with Gasteiger partial charge in [0.1, 0.15) is 5.82 Å². The second-order valence-corrected chi connectivity index (χ2v) is 3.70. The summed E-state index contributed by atoms with van der Waals surface area (Å²) < 4.78 is 1.46. The molecule has 0 bridgehead atoms. The van der Waals surface area contributed by atoms with Crippen molar-refractivity contribution in [2.24, 2.45) is 0 Å². The molecule has 18 heavy (non-hydrogen) atoms. The highest BCUT2D eigenvalue weighted by Crippen LogP contribution is 2.11. The van der Waals surface area contributed by atoms with E-state index in [-0.39, 0.29) is 5.82 Å². The van der Waals surface area contributed by atoms with Crippen molar-refractivity contribution in [1.82, 2.24) is 14.8 Å². The molecule has 1 N–H and O–H groups in total. The second-order valence-electron chi connectivity index (χ2n) is 3.70. The number of aryl methyl sites for hydroxylation is 1. The number of carboxylic acid groups (broad SMARTS) is 1. The summed E-state index contributed by atoms with van der Waals surface area (Å²) >= 11 is 0. The van der Waals surface area contributed by atoms with E-state index >= 15 is 0 Å². The minimum Gasteiger partial charge on any atom is -0.475 e. The third-order valence-corrected chi connectivity index (χ3v) is 2.42. The van der Waals surface area contributed by atoms with Crippen LogP contribution in [0, 0.1) is 18.3 Å². The van der Waals surface area contributed by atoms with E-state index in [4.69, 9.17) is 10.4 Å². The Morgan fingerprint density at radius 1 is 1.44 bits per heavy atom. The van der Waals surface area contributed by atoms with Gasteiger partial charge in [-0.2, -0.15) is 5.26 Å². The normalized spacial score (nSPS) is 10.0. The summed E-state index contributed by atoms with van der Waals surface area (Å²) in [5.41, 5.74) is 1.62. The van der Waals surface area contributed by atoms with Gasteiger partial charge < -0.3 is 5.11 Å². The van der Waals surface area contributed by atoms with Gasteiger partial charge >= 0.3 is 5.97 Å². The first kappa shape index (κ1) is 11.8. The average molecular weight is 242 g/mol. The zero-order valence-corrected chi connectivity index (χ0v) is 9.66. The molecule has 1 heterocycles. The molecular formula is C12H10N4O2. The zero-order chi connectivity index (χ0) is 13.1. The van der Waals surface area contributed by atoms with Crippen LogP contribution in [0.2, 0.25) is 0 Å². The number of aromatic carboxylic acids is 1. The SMILES string of the molecule is Cc1nc(C(=O)O)nn1-c1ccc(CC#N)cc1. The van der Waals surface area contributed by atoms with Gasteiger partial charge in [-0.15, -0.1) is 5.10 Å². The first-order valence-corrected chi connectivity index (χ1v) is 5.25. The largest absolute Gasteiger partial charge is 0.475 e. The lowest BCUT2D eigenvalue weighted by atomic mass is 10.1. The first-order valence-electron chi connectivity index (χ1n) is 5.25. The molecule has 0 saturated heterocycles. The number of nitrogens with zero attached hydrogens (tertiary/aromatic N) is 4. The van der Waals surface area contributed by atoms with Gasteiger partial charge in [-0.1, -0.05) is 12.1 Å². The highest BCUT2D eigenvalue weighted by atomic mass is 16.4. The van der Waals surface area contributed by atoms with Gasteiger partial charge in [-0.25, -0.2) is 14.5 Å². The van der Waals surface area contributed by atoms with Crippen LogP contribution in [0.25, 0.3) is 5.69 Å². The van der Waals surface area contributed by atoms with Gasteiger partial charge in [0, 0.05) is 0 Å². The van der Waals surface area contributed by atoms with E-state index in [1.54, 1.807) is 31.2 Å². The Labute approximate surface area is 103 Å². The van der Waals surface area contributed by atoms with Crippen LogP contribution < -0.4 is 0 Å². The van der Waals surface area contributed by atoms with E-state index in [1.807, 2.05) is 0 Å². The summed E-state index contributed by atoms with van der Waals surface area (Å²) in [5, 5.41) is 21.3. The van der Waals surface area contributed by atoms with Crippen LogP contribution >= 0.6 is 0 Å². The molecule has 1 aromatic heterocycles. The molecule has 0 saturated carbocycles. The van der Waals surface area contributed by atoms with Crippen molar-refractivity contribution in [3.8, 4) is 11.8 Å². The molecule has 6 nitrogen and oxygen atoms in total. The number of nitriles is 1. The molecule has 90 valence electrons. The van der Waals surface area contributed by atoms with Gasteiger partial charge in [0.05, 0.1) is 18.2 Å². The fourth-order valence-corrected chi connectivity index (χ4v) is 1.57. The predicted molar refractivity (Wildman–Crippen MR) is 62.4 cm³/mol. The van der Waals surface area contributed by atoms with Crippen LogP contribution in [0.4, 0.5) is 0 Å². The third kappa shape index (κ3) is 2.20. The zero-order valence-electron chi connectivity index (χ0n) is 9.66. The van der Waals surface area contributed by atoms with E-state index in [0.29, 0.717) is 17.9 Å². The molecule has 0 spiro atoms. The Morgan fingerprint density at radius 2 is 2.11 bits per heavy atom. The Bertz CT molecular complexity index is 623. The quantitative estimate of drug-likeness (QED) is 0.876. The van der Waals surface area contributed by atoms with Crippen LogP contribution in [0.5, 0.6) is 0 Å². The van der Waals surface area contributed by atoms with Gasteiger partial charge in [-0.3, -0.25) is 0 Å². The van der Waals surface area contributed by atoms with Gasteiger partial charge in [0.25, 0.3) is 5.82 Å². The van der Waals surface area contributed by atoms with Crippen LogP contribution in [-0.4, -0.2) is 25.8 Å². The van der Waals surface area contributed by atoms with Crippen molar-refractivity contribution >= 4 is 5.97 Å². The number of hydrogen-bond donors (Lipinski definition) is 1. The number of carboxylic acids is 1.